The summed E-state index contributed by atoms with van der Waals surface area (Å²) in [4.78, 5) is 12.2. The third kappa shape index (κ3) is 4.39. The highest BCUT2D eigenvalue weighted by molar-refractivity contribution is 6.36. The highest BCUT2D eigenvalue weighted by atomic mass is 35.5. The lowest BCUT2D eigenvalue weighted by Crippen LogP contribution is -2.35. The van der Waals surface area contributed by atoms with Crippen LogP contribution in [0.5, 0.6) is 0 Å². The lowest BCUT2D eigenvalue weighted by atomic mass is 9.90. The van der Waals surface area contributed by atoms with Gasteiger partial charge in [-0.3, -0.25) is 0 Å². The molecule has 1 aromatic heterocycles. The molecule has 3 nitrogen and oxygen atoms in total. The maximum Gasteiger partial charge on any atom is 0.163 e. The van der Waals surface area contributed by atoms with Gasteiger partial charge in [-0.05, 0) is 61.1 Å². The summed E-state index contributed by atoms with van der Waals surface area (Å²) in [6, 6.07) is 24.5. The zero-order chi connectivity index (χ0) is 21.2. The average molecular weight is 448 g/mol. The standard InChI is InChI=1S/C26H23Cl2N3/c27-20-10-11-21(23(28)17-20)25-29-24-9-5-4-8-22(24)26(30-25)31-14-12-19(13-15-31)16-18-6-2-1-3-7-18/h1-11,17,19H,12-16H2. The molecule has 0 aliphatic carbocycles. The topological polar surface area (TPSA) is 29.0 Å². The van der Waals surface area contributed by atoms with Crippen LogP contribution in [0.4, 0.5) is 5.82 Å². The Hall–Kier alpha value is -2.62. The van der Waals surface area contributed by atoms with Crippen molar-refractivity contribution in [2.45, 2.75) is 19.3 Å². The van der Waals surface area contributed by atoms with Crippen LogP contribution in [0, 0.1) is 5.92 Å². The first-order valence-electron chi connectivity index (χ1n) is 10.7. The summed E-state index contributed by atoms with van der Waals surface area (Å²) < 4.78 is 0. The summed E-state index contributed by atoms with van der Waals surface area (Å²) in [7, 11) is 0. The number of anilines is 1. The second-order valence-corrected chi connectivity index (χ2v) is 8.98. The van der Waals surface area contributed by atoms with Crippen molar-refractivity contribution < 1.29 is 0 Å². The van der Waals surface area contributed by atoms with Gasteiger partial charge in [0, 0.05) is 29.1 Å². The minimum absolute atomic E-state index is 0.565. The van der Waals surface area contributed by atoms with Gasteiger partial charge in [0.15, 0.2) is 5.82 Å². The number of rotatable bonds is 4. The number of fused-ring (bicyclic) bond motifs is 1. The molecular weight excluding hydrogens is 425 g/mol. The van der Waals surface area contributed by atoms with Gasteiger partial charge in [0.25, 0.3) is 0 Å². The van der Waals surface area contributed by atoms with Gasteiger partial charge in [-0.2, -0.15) is 0 Å². The van der Waals surface area contributed by atoms with Crippen LogP contribution >= 0.6 is 23.2 Å². The van der Waals surface area contributed by atoms with Crippen LogP contribution in [0.1, 0.15) is 18.4 Å². The SMILES string of the molecule is Clc1ccc(-c2nc(N3CCC(Cc4ccccc4)CC3)c3ccccc3n2)c(Cl)c1. The Morgan fingerprint density at radius 1 is 0.839 bits per heavy atom. The number of aromatic nitrogens is 2. The summed E-state index contributed by atoms with van der Waals surface area (Å²) >= 11 is 12.6. The molecule has 5 rings (SSSR count). The molecule has 0 N–H and O–H groups in total. The number of hydrogen-bond donors (Lipinski definition) is 0. The van der Waals surface area contributed by atoms with Crippen molar-refractivity contribution in [1.82, 2.24) is 9.97 Å². The lowest BCUT2D eigenvalue weighted by Gasteiger charge is -2.33. The normalized spacial score (nSPS) is 14.8. The number of benzene rings is 3. The molecule has 0 saturated carbocycles. The van der Waals surface area contributed by atoms with Gasteiger partial charge < -0.3 is 4.90 Å². The van der Waals surface area contributed by atoms with Gasteiger partial charge in [-0.15, -0.1) is 0 Å². The highest BCUT2D eigenvalue weighted by Gasteiger charge is 2.23. The lowest BCUT2D eigenvalue weighted by molar-refractivity contribution is 0.403. The summed E-state index contributed by atoms with van der Waals surface area (Å²) in [5.41, 5.74) is 3.16. The zero-order valence-corrected chi connectivity index (χ0v) is 18.7. The van der Waals surface area contributed by atoms with E-state index in [2.05, 4.69) is 41.3 Å². The van der Waals surface area contributed by atoms with Gasteiger partial charge in [-0.25, -0.2) is 9.97 Å². The van der Waals surface area contributed by atoms with Crippen molar-refractivity contribution in [3.8, 4) is 11.4 Å². The van der Waals surface area contributed by atoms with Crippen LogP contribution < -0.4 is 4.90 Å². The fourth-order valence-corrected chi connectivity index (χ4v) is 4.88. The molecule has 31 heavy (non-hydrogen) atoms. The second kappa shape index (κ2) is 8.86. The van der Waals surface area contributed by atoms with E-state index in [0.717, 1.165) is 54.6 Å². The fourth-order valence-electron chi connectivity index (χ4n) is 4.39. The van der Waals surface area contributed by atoms with E-state index in [1.54, 1.807) is 6.07 Å². The van der Waals surface area contributed by atoms with Crippen molar-refractivity contribution in [3.63, 3.8) is 0 Å². The molecule has 1 fully saturated rings. The Morgan fingerprint density at radius 2 is 1.58 bits per heavy atom. The number of nitrogens with zero attached hydrogens (tertiary/aromatic N) is 3. The number of hydrogen-bond acceptors (Lipinski definition) is 3. The predicted molar refractivity (Wildman–Crippen MR) is 130 cm³/mol. The molecule has 0 bridgehead atoms. The minimum Gasteiger partial charge on any atom is -0.356 e. The van der Waals surface area contributed by atoms with E-state index in [9.17, 15) is 0 Å². The van der Waals surface area contributed by atoms with E-state index < -0.39 is 0 Å². The first kappa shape index (κ1) is 20.3. The fraction of sp³-hybridized carbons (Fsp3) is 0.231. The maximum absolute atomic E-state index is 6.47. The molecular formula is C26H23Cl2N3. The van der Waals surface area contributed by atoms with E-state index in [1.165, 1.54) is 5.56 Å². The van der Waals surface area contributed by atoms with Crippen molar-refractivity contribution in [3.05, 3.63) is 88.4 Å². The summed E-state index contributed by atoms with van der Waals surface area (Å²) in [5.74, 6) is 2.34. The Bertz CT molecular complexity index is 1200. The molecule has 156 valence electrons. The molecule has 5 heteroatoms. The Kier molecular flexibility index (Phi) is 5.80. The minimum atomic E-state index is 0.565. The number of piperidine rings is 1. The van der Waals surface area contributed by atoms with E-state index in [1.807, 2.05) is 30.3 Å². The smallest absolute Gasteiger partial charge is 0.163 e. The van der Waals surface area contributed by atoms with E-state index in [-0.39, 0.29) is 0 Å². The third-order valence-corrected chi connectivity index (χ3v) is 6.58. The summed E-state index contributed by atoms with van der Waals surface area (Å²) in [6.07, 6.45) is 3.46. The van der Waals surface area contributed by atoms with Crippen molar-refractivity contribution in [2.75, 3.05) is 18.0 Å². The van der Waals surface area contributed by atoms with Crippen molar-refractivity contribution >= 4 is 39.9 Å². The Morgan fingerprint density at radius 3 is 2.35 bits per heavy atom. The number of halogens is 2. The first-order valence-corrected chi connectivity index (χ1v) is 11.4. The predicted octanol–water partition coefficient (Wildman–Crippen LogP) is 7.06. The average Bonchev–Trinajstić information content (AvgIpc) is 2.80. The summed E-state index contributed by atoms with van der Waals surface area (Å²) in [6.45, 7) is 1.98. The van der Waals surface area contributed by atoms with Crippen LogP contribution in [0.2, 0.25) is 10.0 Å². The molecule has 1 saturated heterocycles. The first-order chi connectivity index (χ1) is 15.2. The molecule has 0 spiro atoms. The molecule has 2 heterocycles. The highest BCUT2D eigenvalue weighted by Crippen LogP contribution is 2.34. The van der Waals surface area contributed by atoms with Crippen molar-refractivity contribution in [2.24, 2.45) is 5.92 Å². The van der Waals surface area contributed by atoms with Crippen LogP contribution in [0.25, 0.3) is 22.3 Å². The van der Waals surface area contributed by atoms with Gasteiger partial charge in [0.05, 0.1) is 10.5 Å². The van der Waals surface area contributed by atoms with Crippen LogP contribution in [-0.2, 0) is 6.42 Å². The van der Waals surface area contributed by atoms with E-state index >= 15 is 0 Å². The Balaban J connectivity index is 1.44. The Labute approximate surface area is 192 Å². The van der Waals surface area contributed by atoms with Crippen molar-refractivity contribution in [1.29, 1.82) is 0 Å². The molecule has 1 aliphatic rings. The molecule has 0 atom stereocenters. The second-order valence-electron chi connectivity index (χ2n) is 8.13. The maximum atomic E-state index is 6.47. The molecule has 0 radical (unpaired) electrons. The van der Waals surface area contributed by atoms with Crippen LogP contribution in [-0.4, -0.2) is 23.1 Å². The summed E-state index contributed by atoms with van der Waals surface area (Å²) in [5, 5.41) is 2.25. The van der Waals surface area contributed by atoms with Gasteiger partial charge in [-0.1, -0.05) is 65.7 Å². The molecule has 1 aliphatic heterocycles. The molecule has 4 aromatic rings. The largest absolute Gasteiger partial charge is 0.356 e. The van der Waals surface area contributed by atoms with Gasteiger partial charge >= 0.3 is 0 Å². The van der Waals surface area contributed by atoms with E-state index in [0.29, 0.717) is 21.8 Å². The van der Waals surface area contributed by atoms with Gasteiger partial charge in [0.1, 0.15) is 5.82 Å². The number of para-hydroxylation sites is 1. The quantitative estimate of drug-likeness (QED) is 0.335. The van der Waals surface area contributed by atoms with E-state index in [4.69, 9.17) is 33.2 Å². The van der Waals surface area contributed by atoms with Crippen LogP contribution in [0.15, 0.2) is 72.8 Å². The van der Waals surface area contributed by atoms with Gasteiger partial charge in [0.2, 0.25) is 0 Å². The van der Waals surface area contributed by atoms with Crippen LogP contribution in [0.3, 0.4) is 0 Å². The third-order valence-electron chi connectivity index (χ3n) is 6.04. The molecule has 0 amide bonds. The zero-order valence-electron chi connectivity index (χ0n) is 17.1. The molecule has 3 aromatic carbocycles. The monoisotopic (exact) mass is 447 g/mol. The molecule has 0 unspecified atom stereocenters.